The standard InChI is InChI=1S/C12H15BrFNS/c1-11(2)7-16-12(3,15-11)9-6-8(13)4-5-10(9)14/h4-6,15H,7H2,1-3H3. The predicted molar refractivity (Wildman–Crippen MR) is 71.1 cm³/mol. The second kappa shape index (κ2) is 4.00. The van der Waals surface area contributed by atoms with E-state index in [9.17, 15) is 4.39 Å². The molecule has 0 amide bonds. The first kappa shape index (κ1) is 12.4. The molecule has 1 saturated heterocycles. The maximum absolute atomic E-state index is 13.8. The number of thioether (sulfide) groups is 1. The summed E-state index contributed by atoms with van der Waals surface area (Å²) in [6, 6.07) is 5.10. The summed E-state index contributed by atoms with van der Waals surface area (Å²) in [6.07, 6.45) is 0. The van der Waals surface area contributed by atoms with Gasteiger partial charge in [0.1, 0.15) is 5.82 Å². The van der Waals surface area contributed by atoms with Crippen LogP contribution in [0.25, 0.3) is 0 Å². The Morgan fingerprint density at radius 1 is 1.38 bits per heavy atom. The van der Waals surface area contributed by atoms with Gasteiger partial charge in [0, 0.05) is 21.3 Å². The van der Waals surface area contributed by atoms with Crippen LogP contribution < -0.4 is 5.32 Å². The minimum Gasteiger partial charge on any atom is -0.293 e. The van der Waals surface area contributed by atoms with Gasteiger partial charge in [0.2, 0.25) is 0 Å². The average Bonchev–Trinajstić information content (AvgIpc) is 2.46. The minimum atomic E-state index is -0.336. The van der Waals surface area contributed by atoms with Crippen molar-refractivity contribution in [3.8, 4) is 0 Å². The molecule has 0 aromatic heterocycles. The molecular weight excluding hydrogens is 289 g/mol. The van der Waals surface area contributed by atoms with Crippen LogP contribution in [0.2, 0.25) is 0 Å². The molecule has 1 aliphatic heterocycles. The molecule has 0 saturated carbocycles. The Kier molecular flexibility index (Phi) is 3.10. The first-order valence-electron chi connectivity index (χ1n) is 5.21. The van der Waals surface area contributed by atoms with E-state index in [2.05, 4.69) is 35.1 Å². The van der Waals surface area contributed by atoms with Gasteiger partial charge < -0.3 is 0 Å². The maximum atomic E-state index is 13.8. The Bertz CT molecular complexity index is 421. The molecule has 88 valence electrons. The number of nitrogens with one attached hydrogen (secondary N) is 1. The van der Waals surface area contributed by atoms with Crippen LogP contribution in [0.15, 0.2) is 22.7 Å². The van der Waals surface area contributed by atoms with E-state index in [0.29, 0.717) is 0 Å². The van der Waals surface area contributed by atoms with Crippen LogP contribution in [0.1, 0.15) is 26.3 Å². The molecule has 1 nitrogen and oxygen atoms in total. The van der Waals surface area contributed by atoms with E-state index in [4.69, 9.17) is 0 Å². The Morgan fingerprint density at radius 2 is 2.06 bits per heavy atom. The molecule has 1 N–H and O–H groups in total. The van der Waals surface area contributed by atoms with Gasteiger partial charge in [0.25, 0.3) is 0 Å². The zero-order valence-electron chi connectivity index (χ0n) is 9.60. The molecule has 1 unspecified atom stereocenters. The van der Waals surface area contributed by atoms with Crippen LogP contribution in [-0.4, -0.2) is 11.3 Å². The van der Waals surface area contributed by atoms with Crippen molar-refractivity contribution < 1.29 is 4.39 Å². The molecule has 0 spiro atoms. The highest BCUT2D eigenvalue weighted by molar-refractivity contribution is 9.10. The SMILES string of the molecule is CC1(C)CSC(C)(c2cc(Br)ccc2F)N1. The van der Waals surface area contributed by atoms with Gasteiger partial charge in [-0.05, 0) is 39.0 Å². The maximum Gasteiger partial charge on any atom is 0.129 e. The smallest absolute Gasteiger partial charge is 0.129 e. The zero-order valence-corrected chi connectivity index (χ0v) is 12.0. The largest absolute Gasteiger partial charge is 0.293 e. The number of benzene rings is 1. The number of hydrogen-bond acceptors (Lipinski definition) is 2. The normalized spacial score (nSPS) is 28.3. The highest BCUT2D eigenvalue weighted by Gasteiger charge is 2.42. The topological polar surface area (TPSA) is 12.0 Å². The van der Waals surface area contributed by atoms with Crippen molar-refractivity contribution in [2.45, 2.75) is 31.2 Å². The van der Waals surface area contributed by atoms with Crippen molar-refractivity contribution in [2.75, 3.05) is 5.75 Å². The van der Waals surface area contributed by atoms with Gasteiger partial charge in [-0.15, -0.1) is 11.8 Å². The third-order valence-electron chi connectivity index (χ3n) is 2.74. The summed E-state index contributed by atoms with van der Waals surface area (Å²) in [5.74, 6) is 0.832. The second-order valence-electron chi connectivity index (χ2n) is 4.95. The predicted octanol–water partition coefficient (Wildman–Crippen LogP) is 3.88. The van der Waals surface area contributed by atoms with Crippen molar-refractivity contribution >= 4 is 27.7 Å². The van der Waals surface area contributed by atoms with Crippen molar-refractivity contribution in [1.82, 2.24) is 5.32 Å². The third kappa shape index (κ3) is 2.29. The van der Waals surface area contributed by atoms with Crippen LogP contribution in [0.3, 0.4) is 0 Å². The molecule has 1 aliphatic rings. The summed E-state index contributed by atoms with van der Waals surface area (Å²) in [5.41, 5.74) is 0.770. The Balaban J connectivity index is 2.41. The van der Waals surface area contributed by atoms with E-state index in [-0.39, 0.29) is 16.2 Å². The lowest BCUT2D eigenvalue weighted by Gasteiger charge is -2.28. The van der Waals surface area contributed by atoms with Gasteiger partial charge in [-0.1, -0.05) is 15.9 Å². The molecule has 0 aliphatic carbocycles. The lowest BCUT2D eigenvalue weighted by molar-refractivity contribution is 0.379. The third-order valence-corrected chi connectivity index (χ3v) is 5.00. The molecule has 16 heavy (non-hydrogen) atoms. The number of halogens is 2. The van der Waals surface area contributed by atoms with Crippen LogP contribution in [0.5, 0.6) is 0 Å². The van der Waals surface area contributed by atoms with E-state index in [1.165, 1.54) is 6.07 Å². The summed E-state index contributed by atoms with van der Waals surface area (Å²) >= 11 is 5.15. The summed E-state index contributed by atoms with van der Waals surface area (Å²) in [5, 5.41) is 3.49. The van der Waals surface area contributed by atoms with Gasteiger partial charge >= 0.3 is 0 Å². The molecular formula is C12H15BrFNS. The van der Waals surface area contributed by atoms with Crippen LogP contribution in [0.4, 0.5) is 4.39 Å². The fraction of sp³-hybridized carbons (Fsp3) is 0.500. The molecule has 0 radical (unpaired) electrons. The quantitative estimate of drug-likeness (QED) is 0.845. The molecule has 1 heterocycles. The van der Waals surface area contributed by atoms with Crippen LogP contribution >= 0.6 is 27.7 Å². The van der Waals surface area contributed by atoms with Gasteiger partial charge in [-0.2, -0.15) is 0 Å². The fourth-order valence-corrected chi connectivity index (χ4v) is 3.79. The summed E-state index contributed by atoms with van der Waals surface area (Å²) < 4.78 is 14.8. The number of rotatable bonds is 1. The highest BCUT2D eigenvalue weighted by Crippen LogP contribution is 2.44. The van der Waals surface area contributed by atoms with Crippen molar-refractivity contribution in [2.24, 2.45) is 0 Å². The average molecular weight is 304 g/mol. The van der Waals surface area contributed by atoms with E-state index in [1.54, 1.807) is 17.8 Å². The molecule has 4 heteroatoms. The molecule has 1 aromatic carbocycles. The zero-order chi connectivity index (χ0) is 12.0. The lowest BCUT2D eigenvalue weighted by Crippen LogP contribution is -2.44. The Morgan fingerprint density at radius 3 is 2.62 bits per heavy atom. The molecule has 1 fully saturated rings. The van der Waals surface area contributed by atoms with Crippen LogP contribution in [-0.2, 0) is 4.87 Å². The lowest BCUT2D eigenvalue weighted by atomic mass is 10.0. The highest BCUT2D eigenvalue weighted by atomic mass is 79.9. The minimum absolute atomic E-state index is 0.0498. The molecule has 2 rings (SSSR count). The summed E-state index contributed by atoms with van der Waals surface area (Å²) in [4.78, 5) is -0.336. The first-order valence-corrected chi connectivity index (χ1v) is 6.99. The van der Waals surface area contributed by atoms with Crippen molar-refractivity contribution in [3.63, 3.8) is 0 Å². The Hall–Kier alpha value is -0.0600. The first-order chi connectivity index (χ1) is 7.32. The molecule has 1 aromatic rings. The number of hydrogen-bond donors (Lipinski definition) is 1. The second-order valence-corrected chi connectivity index (χ2v) is 7.26. The van der Waals surface area contributed by atoms with Gasteiger partial charge in [0.15, 0.2) is 0 Å². The van der Waals surface area contributed by atoms with E-state index in [1.807, 2.05) is 13.0 Å². The van der Waals surface area contributed by atoms with Gasteiger partial charge in [0.05, 0.1) is 4.87 Å². The van der Waals surface area contributed by atoms with E-state index < -0.39 is 0 Å². The van der Waals surface area contributed by atoms with Crippen LogP contribution in [0, 0.1) is 5.82 Å². The van der Waals surface area contributed by atoms with Crippen molar-refractivity contribution in [1.29, 1.82) is 0 Å². The summed E-state index contributed by atoms with van der Waals surface area (Å²) in [7, 11) is 0. The van der Waals surface area contributed by atoms with Gasteiger partial charge in [-0.25, -0.2) is 4.39 Å². The molecule has 0 bridgehead atoms. The Labute approximate surface area is 108 Å². The van der Waals surface area contributed by atoms with Crippen molar-refractivity contribution in [3.05, 3.63) is 34.1 Å². The monoisotopic (exact) mass is 303 g/mol. The fourth-order valence-electron chi connectivity index (χ4n) is 2.05. The summed E-state index contributed by atoms with van der Waals surface area (Å²) in [6.45, 7) is 6.32. The molecule has 1 atom stereocenters. The van der Waals surface area contributed by atoms with Gasteiger partial charge in [-0.3, -0.25) is 5.32 Å². The van der Waals surface area contributed by atoms with E-state index >= 15 is 0 Å². The van der Waals surface area contributed by atoms with E-state index in [0.717, 1.165) is 15.8 Å².